The second-order valence-electron chi connectivity index (χ2n) is 5.16. The van der Waals surface area contributed by atoms with Crippen molar-refractivity contribution in [1.82, 2.24) is 9.97 Å². The van der Waals surface area contributed by atoms with Crippen LogP contribution in [0.5, 0.6) is 0 Å². The highest BCUT2D eigenvalue weighted by molar-refractivity contribution is 5.98. The standard InChI is InChI=1S/C18H15N3O3/c1-12(17(22)21-14-5-3-2-4-6-14)24-18(23)13-7-8-15-16(11-13)20-10-9-19-15/h2-12H,1H3,(H,21,22)/t12-/m1/s1. The first-order valence-corrected chi connectivity index (χ1v) is 7.41. The topological polar surface area (TPSA) is 81.2 Å². The number of nitrogens with zero attached hydrogens (tertiary/aromatic N) is 2. The van der Waals surface area contributed by atoms with E-state index in [0.29, 0.717) is 22.3 Å². The molecule has 24 heavy (non-hydrogen) atoms. The number of hydrogen-bond donors (Lipinski definition) is 1. The fourth-order valence-electron chi connectivity index (χ4n) is 2.14. The predicted molar refractivity (Wildman–Crippen MR) is 89.5 cm³/mol. The van der Waals surface area contributed by atoms with Crippen molar-refractivity contribution in [2.75, 3.05) is 5.32 Å². The Morgan fingerprint density at radius 1 is 1.00 bits per heavy atom. The number of rotatable bonds is 4. The maximum atomic E-state index is 12.2. The van der Waals surface area contributed by atoms with Crippen molar-refractivity contribution in [2.45, 2.75) is 13.0 Å². The van der Waals surface area contributed by atoms with Gasteiger partial charge in [-0.25, -0.2) is 4.79 Å². The van der Waals surface area contributed by atoms with Crippen LogP contribution >= 0.6 is 0 Å². The third kappa shape index (κ3) is 3.55. The molecule has 3 aromatic rings. The molecular formula is C18H15N3O3. The minimum atomic E-state index is -0.921. The molecule has 0 aliphatic carbocycles. The highest BCUT2D eigenvalue weighted by atomic mass is 16.5. The molecule has 6 heteroatoms. The van der Waals surface area contributed by atoms with Gasteiger partial charge in [0.15, 0.2) is 6.10 Å². The number of amides is 1. The Balaban J connectivity index is 1.67. The summed E-state index contributed by atoms with van der Waals surface area (Å²) < 4.78 is 5.22. The van der Waals surface area contributed by atoms with Gasteiger partial charge in [-0.15, -0.1) is 0 Å². The lowest BCUT2D eigenvalue weighted by Crippen LogP contribution is -2.30. The zero-order chi connectivity index (χ0) is 16.9. The van der Waals surface area contributed by atoms with E-state index in [1.54, 1.807) is 42.7 Å². The third-order valence-electron chi connectivity index (χ3n) is 3.40. The van der Waals surface area contributed by atoms with Gasteiger partial charge >= 0.3 is 5.97 Å². The largest absolute Gasteiger partial charge is 0.449 e. The number of para-hydroxylation sites is 1. The lowest BCUT2D eigenvalue weighted by atomic mass is 10.2. The van der Waals surface area contributed by atoms with Crippen molar-refractivity contribution in [2.24, 2.45) is 0 Å². The second-order valence-corrected chi connectivity index (χ2v) is 5.16. The molecule has 0 saturated heterocycles. The van der Waals surface area contributed by atoms with E-state index in [2.05, 4.69) is 15.3 Å². The first-order valence-electron chi connectivity index (χ1n) is 7.41. The van der Waals surface area contributed by atoms with E-state index in [4.69, 9.17) is 4.74 Å². The van der Waals surface area contributed by atoms with E-state index in [1.165, 1.54) is 6.92 Å². The predicted octanol–water partition coefficient (Wildman–Crippen LogP) is 2.81. The number of nitrogens with one attached hydrogen (secondary N) is 1. The maximum absolute atomic E-state index is 12.2. The molecule has 120 valence electrons. The summed E-state index contributed by atoms with van der Waals surface area (Å²) in [6.07, 6.45) is 2.21. The van der Waals surface area contributed by atoms with Crippen LogP contribution in [-0.4, -0.2) is 27.9 Å². The maximum Gasteiger partial charge on any atom is 0.338 e. The molecule has 0 radical (unpaired) electrons. The van der Waals surface area contributed by atoms with Crippen LogP contribution in [0.25, 0.3) is 11.0 Å². The van der Waals surface area contributed by atoms with Gasteiger partial charge in [0.2, 0.25) is 0 Å². The minimum Gasteiger partial charge on any atom is -0.449 e. The zero-order valence-corrected chi connectivity index (χ0v) is 13.0. The fraction of sp³-hybridized carbons (Fsp3) is 0.111. The van der Waals surface area contributed by atoms with Crippen LogP contribution in [0.2, 0.25) is 0 Å². The molecule has 3 rings (SSSR count). The Labute approximate surface area is 138 Å². The molecule has 0 spiro atoms. The number of carbonyl (C=O) groups is 2. The summed E-state index contributed by atoms with van der Waals surface area (Å²) in [5, 5.41) is 2.69. The second kappa shape index (κ2) is 6.87. The van der Waals surface area contributed by atoms with Crippen molar-refractivity contribution in [3.63, 3.8) is 0 Å². The quantitative estimate of drug-likeness (QED) is 0.747. The Hall–Kier alpha value is -3.28. The highest BCUT2D eigenvalue weighted by Gasteiger charge is 2.19. The van der Waals surface area contributed by atoms with Crippen molar-refractivity contribution < 1.29 is 14.3 Å². The molecule has 1 aromatic heterocycles. The van der Waals surface area contributed by atoms with Gasteiger partial charge in [-0.3, -0.25) is 14.8 Å². The molecule has 0 aliphatic heterocycles. The number of fused-ring (bicyclic) bond motifs is 1. The Bertz CT molecular complexity index is 881. The fourth-order valence-corrected chi connectivity index (χ4v) is 2.14. The zero-order valence-electron chi connectivity index (χ0n) is 13.0. The summed E-state index contributed by atoms with van der Waals surface area (Å²) in [6, 6.07) is 13.9. The number of ether oxygens (including phenoxy) is 1. The summed E-state index contributed by atoms with van der Waals surface area (Å²) in [5.41, 5.74) is 2.24. The van der Waals surface area contributed by atoms with Gasteiger partial charge in [0.1, 0.15) is 0 Å². The van der Waals surface area contributed by atoms with E-state index in [-0.39, 0.29) is 0 Å². The number of aromatic nitrogens is 2. The Morgan fingerprint density at radius 2 is 1.71 bits per heavy atom. The summed E-state index contributed by atoms with van der Waals surface area (Å²) in [4.78, 5) is 32.6. The average molecular weight is 321 g/mol. The Morgan fingerprint density at radius 3 is 2.46 bits per heavy atom. The van der Waals surface area contributed by atoms with E-state index in [1.807, 2.05) is 18.2 Å². The van der Waals surface area contributed by atoms with E-state index < -0.39 is 18.0 Å². The minimum absolute atomic E-state index is 0.322. The molecule has 1 amide bonds. The first-order chi connectivity index (χ1) is 11.6. The molecule has 1 heterocycles. The number of benzene rings is 2. The Kier molecular flexibility index (Phi) is 4.47. The van der Waals surface area contributed by atoms with Gasteiger partial charge in [0.05, 0.1) is 16.6 Å². The number of esters is 1. The van der Waals surface area contributed by atoms with Crippen molar-refractivity contribution in [3.8, 4) is 0 Å². The molecule has 2 aromatic carbocycles. The molecule has 0 unspecified atom stereocenters. The van der Waals surface area contributed by atoms with E-state index in [9.17, 15) is 9.59 Å². The van der Waals surface area contributed by atoms with Gasteiger partial charge in [-0.1, -0.05) is 18.2 Å². The summed E-state index contributed by atoms with van der Waals surface area (Å²) >= 11 is 0. The molecule has 1 N–H and O–H groups in total. The molecule has 1 atom stereocenters. The highest BCUT2D eigenvalue weighted by Crippen LogP contribution is 2.13. The van der Waals surface area contributed by atoms with Crippen LogP contribution in [0.3, 0.4) is 0 Å². The van der Waals surface area contributed by atoms with Gasteiger partial charge in [-0.05, 0) is 37.3 Å². The molecule has 0 bridgehead atoms. The van der Waals surface area contributed by atoms with Crippen LogP contribution in [-0.2, 0) is 9.53 Å². The number of anilines is 1. The smallest absolute Gasteiger partial charge is 0.338 e. The third-order valence-corrected chi connectivity index (χ3v) is 3.40. The van der Waals surface area contributed by atoms with Gasteiger partial charge in [0, 0.05) is 18.1 Å². The van der Waals surface area contributed by atoms with Crippen LogP contribution < -0.4 is 5.32 Å². The molecule has 0 saturated carbocycles. The van der Waals surface area contributed by atoms with E-state index >= 15 is 0 Å². The van der Waals surface area contributed by atoms with Crippen molar-refractivity contribution in [1.29, 1.82) is 0 Å². The lowest BCUT2D eigenvalue weighted by molar-refractivity contribution is -0.123. The van der Waals surface area contributed by atoms with Crippen LogP contribution in [0.4, 0.5) is 5.69 Å². The van der Waals surface area contributed by atoms with Crippen LogP contribution in [0, 0.1) is 0 Å². The van der Waals surface area contributed by atoms with Gasteiger partial charge in [0.25, 0.3) is 5.91 Å². The summed E-state index contributed by atoms with van der Waals surface area (Å²) in [5.74, 6) is -0.978. The average Bonchev–Trinajstić information content (AvgIpc) is 2.62. The molecule has 6 nitrogen and oxygen atoms in total. The van der Waals surface area contributed by atoms with Crippen molar-refractivity contribution in [3.05, 3.63) is 66.5 Å². The monoisotopic (exact) mass is 321 g/mol. The van der Waals surface area contributed by atoms with Gasteiger partial charge < -0.3 is 10.1 Å². The van der Waals surface area contributed by atoms with Crippen LogP contribution in [0.15, 0.2) is 60.9 Å². The summed E-state index contributed by atoms with van der Waals surface area (Å²) in [6.45, 7) is 1.52. The molecule has 0 aliphatic rings. The molecule has 0 fully saturated rings. The lowest BCUT2D eigenvalue weighted by Gasteiger charge is -2.13. The van der Waals surface area contributed by atoms with Gasteiger partial charge in [-0.2, -0.15) is 0 Å². The first kappa shape index (κ1) is 15.6. The van der Waals surface area contributed by atoms with Crippen molar-refractivity contribution >= 4 is 28.6 Å². The molecular weight excluding hydrogens is 306 g/mol. The SMILES string of the molecule is C[C@@H](OC(=O)c1ccc2nccnc2c1)C(=O)Nc1ccccc1. The number of carbonyl (C=O) groups excluding carboxylic acids is 2. The number of hydrogen-bond acceptors (Lipinski definition) is 5. The normalized spacial score (nSPS) is 11.7. The van der Waals surface area contributed by atoms with Crippen LogP contribution in [0.1, 0.15) is 17.3 Å². The van der Waals surface area contributed by atoms with E-state index in [0.717, 1.165) is 0 Å². The summed E-state index contributed by atoms with van der Waals surface area (Å²) in [7, 11) is 0.